The predicted octanol–water partition coefficient (Wildman–Crippen LogP) is 12.6. The van der Waals surface area contributed by atoms with Crippen molar-refractivity contribution < 1.29 is 39.8 Å². The maximum Gasteiger partial charge on any atom is 0.220 e. The molecular weight excluding hydrogens is 803 g/mol. The Morgan fingerprint density at radius 1 is 0.531 bits per heavy atom. The van der Waals surface area contributed by atoms with Crippen LogP contribution in [-0.4, -0.2) is 87.5 Å². The average molecular weight is 904 g/mol. The Labute approximate surface area is 393 Å². The normalized spacial score (nSPS) is 20.4. The van der Waals surface area contributed by atoms with Gasteiger partial charge in [-0.25, -0.2) is 0 Å². The summed E-state index contributed by atoms with van der Waals surface area (Å²) >= 11 is 0. The Morgan fingerprint density at radius 3 is 1.36 bits per heavy atom. The van der Waals surface area contributed by atoms with Crippen molar-refractivity contribution in [3.05, 3.63) is 48.6 Å². The van der Waals surface area contributed by atoms with Crippen LogP contribution in [0.5, 0.6) is 0 Å². The van der Waals surface area contributed by atoms with E-state index >= 15 is 0 Å². The maximum absolute atomic E-state index is 13.0. The maximum atomic E-state index is 13.0. The van der Waals surface area contributed by atoms with Gasteiger partial charge in [-0.05, 0) is 57.8 Å². The van der Waals surface area contributed by atoms with Crippen molar-refractivity contribution >= 4 is 5.91 Å². The van der Waals surface area contributed by atoms with E-state index in [0.29, 0.717) is 6.42 Å². The van der Waals surface area contributed by atoms with Crippen LogP contribution in [-0.2, 0) is 14.3 Å². The van der Waals surface area contributed by atoms with Gasteiger partial charge >= 0.3 is 0 Å². The number of allylic oxidation sites excluding steroid dienone is 7. The highest BCUT2D eigenvalue weighted by molar-refractivity contribution is 5.76. The third kappa shape index (κ3) is 34.5. The van der Waals surface area contributed by atoms with Gasteiger partial charge in [0.15, 0.2) is 6.29 Å². The molecule has 1 amide bonds. The highest BCUT2D eigenvalue weighted by Gasteiger charge is 2.44. The second kappa shape index (κ2) is 45.0. The molecule has 1 heterocycles. The monoisotopic (exact) mass is 904 g/mol. The van der Waals surface area contributed by atoms with Crippen LogP contribution in [0.15, 0.2) is 48.6 Å². The second-order valence-electron chi connectivity index (χ2n) is 18.7. The van der Waals surface area contributed by atoms with Crippen molar-refractivity contribution in [3.8, 4) is 0 Å². The summed E-state index contributed by atoms with van der Waals surface area (Å²) < 4.78 is 11.2. The summed E-state index contributed by atoms with van der Waals surface area (Å²) in [7, 11) is 0. The smallest absolute Gasteiger partial charge is 0.220 e. The van der Waals surface area contributed by atoms with Gasteiger partial charge in [-0.15, -0.1) is 0 Å². The zero-order chi connectivity index (χ0) is 46.6. The van der Waals surface area contributed by atoms with Crippen molar-refractivity contribution in [2.24, 2.45) is 0 Å². The van der Waals surface area contributed by atoms with Gasteiger partial charge in [0.05, 0.1) is 25.4 Å². The Hall–Kier alpha value is -1.85. The summed E-state index contributed by atoms with van der Waals surface area (Å²) in [5.74, 6) is -0.179. The summed E-state index contributed by atoms with van der Waals surface area (Å²) in [5.41, 5.74) is 0. The molecule has 1 saturated heterocycles. The molecule has 6 N–H and O–H groups in total. The lowest BCUT2D eigenvalue weighted by atomic mass is 9.99. The number of rotatable bonds is 45. The molecule has 0 bridgehead atoms. The summed E-state index contributed by atoms with van der Waals surface area (Å²) in [5, 5.41) is 54.3. The Balaban J connectivity index is 2.22. The number of hydrogen-bond acceptors (Lipinski definition) is 8. The highest BCUT2D eigenvalue weighted by Crippen LogP contribution is 2.23. The van der Waals surface area contributed by atoms with E-state index in [1.54, 1.807) is 6.08 Å². The number of amides is 1. The van der Waals surface area contributed by atoms with Crippen molar-refractivity contribution in [1.82, 2.24) is 5.32 Å². The van der Waals surface area contributed by atoms with Crippen molar-refractivity contribution in [1.29, 1.82) is 0 Å². The molecule has 9 heteroatoms. The lowest BCUT2D eigenvalue weighted by molar-refractivity contribution is -0.302. The Kier molecular flexibility index (Phi) is 42.3. The third-order valence-electron chi connectivity index (χ3n) is 12.6. The number of nitrogens with one attached hydrogen (secondary N) is 1. The number of carbonyl (C=O) groups excluding carboxylic acids is 1. The van der Waals surface area contributed by atoms with Gasteiger partial charge in [-0.2, -0.15) is 0 Å². The molecule has 0 saturated carbocycles. The predicted molar refractivity (Wildman–Crippen MR) is 267 cm³/mol. The van der Waals surface area contributed by atoms with Crippen LogP contribution in [0.2, 0.25) is 0 Å². The molecule has 7 atom stereocenters. The van der Waals surface area contributed by atoms with Crippen molar-refractivity contribution in [2.75, 3.05) is 13.2 Å². The van der Waals surface area contributed by atoms with Crippen LogP contribution < -0.4 is 5.32 Å². The van der Waals surface area contributed by atoms with Crippen LogP contribution in [0, 0.1) is 0 Å². The van der Waals surface area contributed by atoms with Crippen LogP contribution in [0.4, 0.5) is 0 Å². The lowest BCUT2D eigenvalue weighted by Crippen LogP contribution is -2.60. The van der Waals surface area contributed by atoms with E-state index in [1.165, 1.54) is 167 Å². The van der Waals surface area contributed by atoms with Crippen LogP contribution >= 0.6 is 0 Å². The zero-order valence-electron chi connectivity index (χ0n) is 41.3. The summed E-state index contributed by atoms with van der Waals surface area (Å²) in [6.07, 6.45) is 51.6. The number of hydrogen-bond donors (Lipinski definition) is 6. The zero-order valence-corrected chi connectivity index (χ0v) is 41.3. The molecule has 1 aliphatic rings. The Bertz CT molecular complexity index is 1140. The van der Waals surface area contributed by atoms with E-state index in [9.17, 15) is 30.3 Å². The van der Waals surface area contributed by atoms with Gasteiger partial charge in [0.25, 0.3) is 0 Å². The van der Waals surface area contributed by atoms with Gasteiger partial charge in [-0.1, -0.05) is 223 Å². The standard InChI is InChI=1S/C55H101NO8/c1-3-5-7-9-11-13-15-17-19-20-21-22-23-24-25-26-27-28-29-30-31-33-35-37-39-41-43-45-51(59)56-48(47-63-55-54(62)53(61)52(60)50(46-57)64-55)49(58)44-42-40-38-36-34-32-18-16-14-12-10-8-6-4-2/h15,17,20-21,23-24,42,44,48-50,52-55,57-58,60-62H,3-14,16,18-19,22,25-41,43,45-47H2,1-2H3,(H,56,59)/b17-15-,21-20-,24-23-,44-42+. The van der Waals surface area contributed by atoms with E-state index in [4.69, 9.17) is 9.47 Å². The average Bonchev–Trinajstić information content (AvgIpc) is 3.29. The first-order valence-corrected chi connectivity index (χ1v) is 26.9. The highest BCUT2D eigenvalue weighted by atomic mass is 16.7. The molecule has 0 aromatic carbocycles. The largest absolute Gasteiger partial charge is 0.394 e. The van der Waals surface area contributed by atoms with Crippen molar-refractivity contribution in [3.63, 3.8) is 0 Å². The number of unbranched alkanes of at least 4 members (excludes halogenated alkanes) is 29. The number of aliphatic hydroxyl groups is 5. The fraction of sp³-hybridized carbons (Fsp3) is 0.836. The fourth-order valence-corrected chi connectivity index (χ4v) is 8.34. The Morgan fingerprint density at radius 2 is 0.922 bits per heavy atom. The van der Waals surface area contributed by atoms with E-state index in [1.807, 2.05) is 6.08 Å². The molecular formula is C55H101NO8. The summed E-state index contributed by atoms with van der Waals surface area (Å²) in [6, 6.07) is -0.806. The van der Waals surface area contributed by atoms with Gasteiger partial charge in [0.2, 0.25) is 5.91 Å². The molecule has 1 aliphatic heterocycles. The minimum Gasteiger partial charge on any atom is -0.394 e. The van der Waals surface area contributed by atoms with Gasteiger partial charge in [0.1, 0.15) is 24.4 Å². The van der Waals surface area contributed by atoms with E-state index in [-0.39, 0.29) is 12.5 Å². The molecule has 1 rings (SSSR count). The van der Waals surface area contributed by atoms with Gasteiger partial charge in [-0.3, -0.25) is 4.79 Å². The van der Waals surface area contributed by atoms with Gasteiger partial charge in [0, 0.05) is 6.42 Å². The minimum absolute atomic E-state index is 0.179. The molecule has 0 aromatic rings. The van der Waals surface area contributed by atoms with Crippen molar-refractivity contribution in [2.45, 2.75) is 281 Å². The summed E-state index contributed by atoms with van der Waals surface area (Å²) in [6.45, 7) is 3.77. The van der Waals surface area contributed by atoms with E-state index < -0.39 is 49.5 Å². The molecule has 0 spiro atoms. The second-order valence-corrected chi connectivity index (χ2v) is 18.7. The molecule has 0 radical (unpaired) electrons. The topological polar surface area (TPSA) is 149 Å². The van der Waals surface area contributed by atoms with E-state index in [0.717, 1.165) is 51.4 Å². The fourth-order valence-electron chi connectivity index (χ4n) is 8.34. The molecule has 7 unspecified atom stereocenters. The first-order chi connectivity index (χ1) is 31.3. The number of aliphatic hydroxyl groups excluding tert-OH is 5. The van der Waals surface area contributed by atoms with Crippen LogP contribution in [0.25, 0.3) is 0 Å². The summed E-state index contributed by atoms with van der Waals surface area (Å²) in [4.78, 5) is 13.0. The van der Waals surface area contributed by atoms with Crippen LogP contribution in [0.1, 0.15) is 239 Å². The first-order valence-electron chi connectivity index (χ1n) is 26.9. The molecule has 0 aromatic heterocycles. The quantitative estimate of drug-likeness (QED) is 0.0261. The molecule has 9 nitrogen and oxygen atoms in total. The molecule has 0 aliphatic carbocycles. The SMILES string of the molecule is CCCCCCC/C=C\C/C=C\C/C=C\CCCCCCCCCCCCCCC(=O)NC(COC1OC(CO)C(O)C(O)C1O)C(O)/C=C/CCCCCCCCCCCCCC. The van der Waals surface area contributed by atoms with Crippen LogP contribution in [0.3, 0.4) is 0 Å². The third-order valence-corrected chi connectivity index (χ3v) is 12.6. The number of carbonyl (C=O) groups is 1. The number of ether oxygens (including phenoxy) is 2. The lowest BCUT2D eigenvalue weighted by Gasteiger charge is -2.40. The molecule has 64 heavy (non-hydrogen) atoms. The van der Waals surface area contributed by atoms with E-state index in [2.05, 4.69) is 55.6 Å². The van der Waals surface area contributed by atoms with Gasteiger partial charge < -0.3 is 40.3 Å². The molecule has 374 valence electrons. The minimum atomic E-state index is -1.57. The molecule has 1 fully saturated rings. The first kappa shape index (κ1) is 60.2.